The second-order valence-electron chi connectivity index (χ2n) is 3.95. The highest BCUT2D eigenvalue weighted by atomic mass is 16.5. The van der Waals surface area contributed by atoms with Gasteiger partial charge in [0.25, 0.3) is 5.91 Å². The van der Waals surface area contributed by atoms with Crippen LogP contribution < -0.4 is 5.32 Å². The topological polar surface area (TPSA) is 86.4 Å². The van der Waals surface area contributed by atoms with Gasteiger partial charge in [-0.2, -0.15) is 0 Å². The first kappa shape index (κ1) is 12.9. The van der Waals surface area contributed by atoms with Gasteiger partial charge in [-0.25, -0.2) is 4.79 Å². The predicted molar refractivity (Wildman–Crippen MR) is 65.6 cm³/mol. The summed E-state index contributed by atoms with van der Waals surface area (Å²) in [5, 5.41) is 6.05. The number of esters is 1. The van der Waals surface area contributed by atoms with Crippen LogP contribution in [0.3, 0.4) is 0 Å². The number of aryl methyl sites for hydroxylation is 2. The van der Waals surface area contributed by atoms with Gasteiger partial charge in [0, 0.05) is 19.3 Å². The van der Waals surface area contributed by atoms with Crippen molar-refractivity contribution in [3.05, 3.63) is 35.9 Å². The minimum atomic E-state index is -0.556. The van der Waals surface area contributed by atoms with E-state index in [1.165, 1.54) is 0 Å². The molecule has 0 atom stereocenters. The van der Waals surface area contributed by atoms with Crippen LogP contribution in [0, 0.1) is 6.92 Å². The summed E-state index contributed by atoms with van der Waals surface area (Å²) in [7, 11) is 1.72. The Hall–Kier alpha value is -2.57. The molecular formula is C12H13N3O4. The zero-order valence-electron chi connectivity index (χ0n) is 10.5. The zero-order chi connectivity index (χ0) is 13.8. The maximum atomic E-state index is 11.6. The number of carbonyl (C=O) groups is 2. The second kappa shape index (κ2) is 5.38. The predicted octanol–water partition coefficient (Wildman–Crippen LogP) is 1.12. The Morgan fingerprint density at radius 1 is 1.53 bits per heavy atom. The molecule has 2 heterocycles. The highest BCUT2D eigenvalue weighted by Gasteiger charge is 2.13. The molecule has 7 nitrogen and oxygen atoms in total. The molecule has 0 aliphatic heterocycles. The standard InChI is InChI=1S/C12H13N3O4/c1-8-6-10(14-19-8)13-11(16)7-18-12(17)9-4-3-5-15(9)2/h3-6H,7H2,1-2H3,(H,13,14,16). The Morgan fingerprint density at radius 2 is 2.32 bits per heavy atom. The summed E-state index contributed by atoms with van der Waals surface area (Å²) in [6.45, 7) is 1.33. The SMILES string of the molecule is Cc1cc(NC(=O)COC(=O)c2cccn2C)no1. The Labute approximate surface area is 109 Å². The van der Waals surface area contributed by atoms with Gasteiger partial charge in [-0.3, -0.25) is 4.79 Å². The van der Waals surface area contributed by atoms with Gasteiger partial charge in [-0.05, 0) is 19.1 Å². The largest absolute Gasteiger partial charge is 0.451 e. The average molecular weight is 263 g/mol. The lowest BCUT2D eigenvalue weighted by Gasteiger charge is -2.05. The molecule has 0 aromatic carbocycles. The van der Waals surface area contributed by atoms with Gasteiger partial charge >= 0.3 is 5.97 Å². The van der Waals surface area contributed by atoms with E-state index in [-0.39, 0.29) is 12.4 Å². The van der Waals surface area contributed by atoms with Crippen LogP contribution in [0.4, 0.5) is 5.82 Å². The molecule has 0 saturated heterocycles. The summed E-state index contributed by atoms with van der Waals surface area (Å²) >= 11 is 0. The molecule has 0 aliphatic carbocycles. The molecule has 1 N–H and O–H groups in total. The normalized spacial score (nSPS) is 10.2. The molecule has 1 amide bonds. The fourth-order valence-electron chi connectivity index (χ4n) is 1.48. The number of hydrogen-bond donors (Lipinski definition) is 1. The van der Waals surface area contributed by atoms with Crippen molar-refractivity contribution in [1.82, 2.24) is 9.72 Å². The van der Waals surface area contributed by atoms with Crippen LogP contribution in [0.15, 0.2) is 28.9 Å². The van der Waals surface area contributed by atoms with Gasteiger partial charge in [0.2, 0.25) is 0 Å². The Bertz CT molecular complexity index is 600. The molecule has 7 heteroatoms. The van der Waals surface area contributed by atoms with E-state index in [0.29, 0.717) is 11.5 Å². The van der Waals surface area contributed by atoms with Crippen LogP contribution in [-0.4, -0.2) is 28.2 Å². The summed E-state index contributed by atoms with van der Waals surface area (Å²) in [4.78, 5) is 23.1. The van der Waals surface area contributed by atoms with Crippen molar-refractivity contribution in [2.24, 2.45) is 7.05 Å². The van der Waals surface area contributed by atoms with Crippen LogP contribution >= 0.6 is 0 Å². The van der Waals surface area contributed by atoms with E-state index in [1.54, 1.807) is 42.9 Å². The smallest absolute Gasteiger partial charge is 0.355 e. The van der Waals surface area contributed by atoms with E-state index in [0.717, 1.165) is 0 Å². The molecule has 0 aliphatic rings. The number of anilines is 1. The van der Waals surface area contributed by atoms with Gasteiger partial charge < -0.3 is 19.1 Å². The lowest BCUT2D eigenvalue weighted by molar-refractivity contribution is -0.119. The second-order valence-corrected chi connectivity index (χ2v) is 3.95. The highest BCUT2D eigenvalue weighted by molar-refractivity contribution is 5.94. The summed E-state index contributed by atoms with van der Waals surface area (Å²) in [6, 6.07) is 4.90. The van der Waals surface area contributed by atoms with E-state index < -0.39 is 11.9 Å². The lowest BCUT2D eigenvalue weighted by atomic mass is 10.4. The first-order chi connectivity index (χ1) is 9.06. The monoisotopic (exact) mass is 263 g/mol. The molecule has 19 heavy (non-hydrogen) atoms. The van der Waals surface area contributed by atoms with Crippen LogP contribution in [0.2, 0.25) is 0 Å². The highest BCUT2D eigenvalue weighted by Crippen LogP contribution is 2.07. The number of rotatable bonds is 4. The summed E-state index contributed by atoms with van der Waals surface area (Å²) in [6.07, 6.45) is 1.72. The molecule has 0 fully saturated rings. The van der Waals surface area contributed by atoms with Crippen molar-refractivity contribution in [2.45, 2.75) is 6.92 Å². The van der Waals surface area contributed by atoms with Gasteiger partial charge in [-0.1, -0.05) is 5.16 Å². The van der Waals surface area contributed by atoms with Crippen molar-refractivity contribution in [3.8, 4) is 0 Å². The van der Waals surface area contributed by atoms with Gasteiger partial charge in [0.05, 0.1) is 0 Å². The van der Waals surface area contributed by atoms with E-state index in [4.69, 9.17) is 9.26 Å². The van der Waals surface area contributed by atoms with Crippen molar-refractivity contribution >= 4 is 17.7 Å². The third kappa shape index (κ3) is 3.21. The van der Waals surface area contributed by atoms with E-state index in [1.807, 2.05) is 0 Å². The van der Waals surface area contributed by atoms with Crippen LogP contribution in [-0.2, 0) is 16.6 Å². The molecule has 0 spiro atoms. The number of aromatic nitrogens is 2. The van der Waals surface area contributed by atoms with Gasteiger partial charge in [-0.15, -0.1) is 0 Å². The molecule has 0 bridgehead atoms. The van der Waals surface area contributed by atoms with Crippen molar-refractivity contribution in [1.29, 1.82) is 0 Å². The number of ether oxygens (including phenoxy) is 1. The first-order valence-corrected chi connectivity index (χ1v) is 5.58. The van der Waals surface area contributed by atoms with Crippen LogP contribution in [0.25, 0.3) is 0 Å². The fourth-order valence-corrected chi connectivity index (χ4v) is 1.48. The quantitative estimate of drug-likeness (QED) is 0.835. The molecule has 2 rings (SSSR count). The summed E-state index contributed by atoms with van der Waals surface area (Å²) in [5.41, 5.74) is 0.380. The summed E-state index contributed by atoms with van der Waals surface area (Å²) < 4.78 is 11.3. The number of amides is 1. The maximum Gasteiger partial charge on any atom is 0.355 e. The molecule has 0 unspecified atom stereocenters. The third-order valence-corrected chi connectivity index (χ3v) is 2.38. The number of carbonyl (C=O) groups excluding carboxylic acids is 2. The number of nitrogens with one attached hydrogen (secondary N) is 1. The molecule has 100 valence electrons. The Balaban J connectivity index is 1.84. The van der Waals surface area contributed by atoms with Crippen LogP contribution in [0.1, 0.15) is 16.2 Å². The minimum Gasteiger partial charge on any atom is -0.451 e. The van der Waals surface area contributed by atoms with E-state index >= 15 is 0 Å². The van der Waals surface area contributed by atoms with E-state index in [2.05, 4.69) is 10.5 Å². The molecular weight excluding hydrogens is 250 g/mol. The number of hydrogen-bond acceptors (Lipinski definition) is 5. The fraction of sp³-hybridized carbons (Fsp3) is 0.250. The van der Waals surface area contributed by atoms with Gasteiger partial charge in [0.1, 0.15) is 11.5 Å². The van der Waals surface area contributed by atoms with Crippen molar-refractivity contribution in [2.75, 3.05) is 11.9 Å². The van der Waals surface area contributed by atoms with E-state index in [9.17, 15) is 9.59 Å². The third-order valence-electron chi connectivity index (χ3n) is 2.38. The molecule has 0 radical (unpaired) electrons. The van der Waals surface area contributed by atoms with Crippen molar-refractivity contribution in [3.63, 3.8) is 0 Å². The lowest BCUT2D eigenvalue weighted by Crippen LogP contribution is -2.21. The zero-order valence-corrected chi connectivity index (χ0v) is 10.5. The van der Waals surface area contributed by atoms with Gasteiger partial charge in [0.15, 0.2) is 12.4 Å². The minimum absolute atomic E-state index is 0.289. The average Bonchev–Trinajstić information content (AvgIpc) is 2.95. The first-order valence-electron chi connectivity index (χ1n) is 5.58. The molecule has 2 aromatic rings. The maximum absolute atomic E-state index is 11.6. The van der Waals surface area contributed by atoms with Crippen molar-refractivity contribution < 1.29 is 18.8 Å². The summed E-state index contributed by atoms with van der Waals surface area (Å²) in [5.74, 6) is -0.164. The Kier molecular flexibility index (Phi) is 3.65. The number of nitrogens with zero attached hydrogens (tertiary/aromatic N) is 2. The molecule has 2 aromatic heterocycles. The molecule has 0 saturated carbocycles. The Morgan fingerprint density at radius 3 is 2.89 bits per heavy atom. The van der Waals surface area contributed by atoms with Crippen LogP contribution in [0.5, 0.6) is 0 Å².